The summed E-state index contributed by atoms with van der Waals surface area (Å²) in [5.74, 6) is 0.846. The summed E-state index contributed by atoms with van der Waals surface area (Å²) in [6.45, 7) is 3.63. The monoisotopic (exact) mass is 360 g/mol. The summed E-state index contributed by atoms with van der Waals surface area (Å²) in [5, 5.41) is 25.4. The van der Waals surface area contributed by atoms with E-state index < -0.39 is 5.60 Å². The topological polar surface area (TPSA) is 65.3 Å². The molecule has 2 fully saturated rings. The van der Waals surface area contributed by atoms with Gasteiger partial charge in [0, 0.05) is 24.1 Å². The first-order valence-corrected chi connectivity index (χ1v) is 9.65. The van der Waals surface area contributed by atoms with Crippen molar-refractivity contribution >= 4 is 6.21 Å². The first kappa shape index (κ1) is 19.2. The van der Waals surface area contributed by atoms with Crippen LogP contribution in [-0.2, 0) is 4.84 Å². The minimum absolute atomic E-state index is 0.158. The van der Waals surface area contributed by atoms with E-state index in [1.54, 1.807) is 6.07 Å². The summed E-state index contributed by atoms with van der Waals surface area (Å²) in [7, 11) is 4.02. The Labute approximate surface area is 156 Å². The molecule has 2 aliphatic carbocycles. The number of phenolic OH excluding ortho intramolecular Hbond substituents is 1. The second-order valence-corrected chi connectivity index (χ2v) is 8.52. The SMILES string of the molecule is CN(C)CCO/N=C/[C@H]1CC[C@]2(O)C[C@@H](c3cccc(O)c3)CC[C@]12C. The van der Waals surface area contributed by atoms with Crippen molar-refractivity contribution < 1.29 is 15.1 Å². The van der Waals surface area contributed by atoms with Crippen LogP contribution in [-0.4, -0.2) is 54.2 Å². The van der Waals surface area contributed by atoms with Crippen LogP contribution in [0.1, 0.15) is 50.5 Å². The Morgan fingerprint density at radius 1 is 1.31 bits per heavy atom. The molecule has 0 aliphatic heterocycles. The Bertz CT molecular complexity index is 648. The lowest BCUT2D eigenvalue weighted by atomic mass is 9.59. The second kappa shape index (κ2) is 7.57. The van der Waals surface area contributed by atoms with Crippen molar-refractivity contribution in [3.05, 3.63) is 29.8 Å². The van der Waals surface area contributed by atoms with Gasteiger partial charge in [0.05, 0.1) is 5.60 Å². The van der Waals surface area contributed by atoms with Gasteiger partial charge in [-0.15, -0.1) is 0 Å². The van der Waals surface area contributed by atoms with E-state index in [-0.39, 0.29) is 11.3 Å². The molecule has 0 heterocycles. The fourth-order valence-electron chi connectivity index (χ4n) is 4.78. The highest BCUT2D eigenvalue weighted by Crippen LogP contribution is 2.60. The summed E-state index contributed by atoms with van der Waals surface area (Å²) < 4.78 is 0. The van der Waals surface area contributed by atoms with Gasteiger partial charge in [0.25, 0.3) is 0 Å². The normalized spacial score (nSPS) is 34.3. The average molecular weight is 360 g/mol. The quantitative estimate of drug-likeness (QED) is 0.464. The van der Waals surface area contributed by atoms with E-state index in [1.807, 2.05) is 32.4 Å². The fraction of sp³-hybridized carbons (Fsp3) is 0.667. The number of benzene rings is 1. The molecule has 2 N–H and O–H groups in total. The van der Waals surface area contributed by atoms with E-state index >= 15 is 0 Å². The van der Waals surface area contributed by atoms with Gasteiger partial charge < -0.3 is 20.0 Å². The van der Waals surface area contributed by atoms with E-state index in [9.17, 15) is 10.2 Å². The highest BCUT2D eigenvalue weighted by Gasteiger charge is 2.58. The maximum absolute atomic E-state index is 11.4. The summed E-state index contributed by atoms with van der Waals surface area (Å²) in [5.41, 5.74) is 0.292. The number of hydrogen-bond acceptors (Lipinski definition) is 5. The number of phenols is 1. The number of oxime groups is 1. The van der Waals surface area contributed by atoms with Crippen molar-refractivity contribution in [1.82, 2.24) is 4.90 Å². The Morgan fingerprint density at radius 2 is 2.12 bits per heavy atom. The molecule has 0 aromatic heterocycles. The predicted molar refractivity (Wildman–Crippen MR) is 103 cm³/mol. The van der Waals surface area contributed by atoms with Crippen LogP contribution in [0.15, 0.2) is 29.4 Å². The van der Waals surface area contributed by atoms with Gasteiger partial charge in [-0.1, -0.05) is 24.2 Å². The van der Waals surface area contributed by atoms with Gasteiger partial charge in [-0.25, -0.2) is 0 Å². The summed E-state index contributed by atoms with van der Waals surface area (Å²) in [6, 6.07) is 7.48. The van der Waals surface area contributed by atoms with Crippen LogP contribution in [0.5, 0.6) is 5.75 Å². The molecule has 0 unspecified atom stereocenters. The van der Waals surface area contributed by atoms with E-state index in [0.717, 1.165) is 44.2 Å². The van der Waals surface area contributed by atoms with Crippen LogP contribution in [0.25, 0.3) is 0 Å². The number of nitrogens with zero attached hydrogens (tertiary/aromatic N) is 2. The Balaban J connectivity index is 1.65. The van der Waals surface area contributed by atoms with Gasteiger partial charge in [0.1, 0.15) is 12.4 Å². The van der Waals surface area contributed by atoms with Crippen LogP contribution in [0.4, 0.5) is 0 Å². The molecule has 0 radical (unpaired) electrons. The lowest BCUT2D eigenvalue weighted by Gasteiger charge is -2.48. The molecular weight excluding hydrogens is 328 g/mol. The highest BCUT2D eigenvalue weighted by atomic mass is 16.6. The van der Waals surface area contributed by atoms with Gasteiger partial charge in [-0.3, -0.25) is 0 Å². The molecule has 5 nitrogen and oxygen atoms in total. The molecule has 1 aromatic carbocycles. The third-order valence-electron chi connectivity index (χ3n) is 6.63. The molecule has 26 heavy (non-hydrogen) atoms. The number of hydrogen-bond donors (Lipinski definition) is 2. The predicted octanol–water partition coefficient (Wildman–Crippen LogP) is 3.37. The van der Waals surface area contributed by atoms with E-state index in [2.05, 4.69) is 23.0 Å². The molecule has 0 saturated heterocycles. The van der Waals surface area contributed by atoms with Crippen molar-refractivity contribution in [1.29, 1.82) is 0 Å². The lowest BCUT2D eigenvalue weighted by Crippen LogP contribution is -2.49. The molecule has 2 saturated carbocycles. The zero-order chi connectivity index (χ0) is 18.8. The standard InChI is InChI=1S/C21H32N2O3/c1-20-9-7-17(16-5-4-6-19(24)13-16)14-21(20,25)10-8-18(20)15-22-26-12-11-23(2)3/h4-6,13,15,17-18,24-25H,7-12,14H2,1-3H3/b22-15+/t17-,18+,20+,21-/m0/s1. The van der Waals surface area contributed by atoms with Gasteiger partial charge in [-0.05, 0) is 69.8 Å². The first-order chi connectivity index (χ1) is 12.3. The minimum atomic E-state index is -0.679. The zero-order valence-corrected chi connectivity index (χ0v) is 16.2. The number of likely N-dealkylation sites (N-methyl/N-ethyl adjacent to an activating group) is 1. The van der Waals surface area contributed by atoms with Gasteiger partial charge in [-0.2, -0.15) is 0 Å². The third kappa shape index (κ3) is 3.74. The molecule has 2 aliphatic rings. The van der Waals surface area contributed by atoms with Crippen molar-refractivity contribution in [2.24, 2.45) is 16.5 Å². The smallest absolute Gasteiger partial charge is 0.129 e. The van der Waals surface area contributed by atoms with Gasteiger partial charge in [0.2, 0.25) is 0 Å². The van der Waals surface area contributed by atoms with Crippen LogP contribution in [0.2, 0.25) is 0 Å². The number of fused-ring (bicyclic) bond motifs is 1. The molecule has 0 spiro atoms. The van der Waals surface area contributed by atoms with Crippen LogP contribution in [0.3, 0.4) is 0 Å². The van der Waals surface area contributed by atoms with Crippen LogP contribution in [0, 0.1) is 11.3 Å². The molecule has 0 bridgehead atoms. The van der Waals surface area contributed by atoms with Crippen molar-refractivity contribution in [3.63, 3.8) is 0 Å². The van der Waals surface area contributed by atoms with Gasteiger partial charge >= 0.3 is 0 Å². The van der Waals surface area contributed by atoms with E-state index in [0.29, 0.717) is 18.3 Å². The van der Waals surface area contributed by atoms with Gasteiger partial charge in [0.15, 0.2) is 0 Å². The zero-order valence-electron chi connectivity index (χ0n) is 16.2. The number of aromatic hydroxyl groups is 1. The molecule has 0 amide bonds. The van der Waals surface area contributed by atoms with Crippen molar-refractivity contribution in [2.75, 3.05) is 27.2 Å². The van der Waals surface area contributed by atoms with Crippen LogP contribution < -0.4 is 0 Å². The summed E-state index contributed by atoms with van der Waals surface area (Å²) in [6.07, 6.45) is 6.39. The Morgan fingerprint density at radius 3 is 2.85 bits per heavy atom. The molecule has 4 atom stereocenters. The third-order valence-corrected chi connectivity index (χ3v) is 6.63. The largest absolute Gasteiger partial charge is 0.508 e. The van der Waals surface area contributed by atoms with Crippen LogP contribution >= 0.6 is 0 Å². The van der Waals surface area contributed by atoms with E-state index in [1.165, 1.54) is 0 Å². The molecule has 144 valence electrons. The fourth-order valence-corrected chi connectivity index (χ4v) is 4.78. The summed E-state index contributed by atoms with van der Waals surface area (Å²) in [4.78, 5) is 7.45. The number of rotatable bonds is 6. The first-order valence-electron chi connectivity index (χ1n) is 9.65. The number of aliphatic hydroxyl groups is 1. The maximum Gasteiger partial charge on any atom is 0.129 e. The Hall–Kier alpha value is -1.59. The molecule has 5 heteroatoms. The molecule has 3 rings (SSSR count). The maximum atomic E-state index is 11.4. The van der Waals surface area contributed by atoms with E-state index in [4.69, 9.17) is 4.84 Å². The summed E-state index contributed by atoms with van der Waals surface area (Å²) >= 11 is 0. The highest BCUT2D eigenvalue weighted by molar-refractivity contribution is 5.62. The second-order valence-electron chi connectivity index (χ2n) is 8.52. The average Bonchev–Trinajstić information content (AvgIpc) is 2.85. The molecular formula is C21H32N2O3. The Kier molecular flexibility index (Phi) is 5.58. The lowest BCUT2D eigenvalue weighted by molar-refractivity contribution is -0.0959. The van der Waals surface area contributed by atoms with Crippen molar-refractivity contribution in [2.45, 2.75) is 50.5 Å². The minimum Gasteiger partial charge on any atom is -0.508 e. The molecule has 1 aromatic rings. The van der Waals surface area contributed by atoms with Crippen molar-refractivity contribution in [3.8, 4) is 5.75 Å².